The third-order valence-electron chi connectivity index (χ3n) is 3.00. The molecule has 0 aliphatic heterocycles. The van der Waals surface area contributed by atoms with E-state index in [0.717, 1.165) is 10.4 Å². The summed E-state index contributed by atoms with van der Waals surface area (Å²) < 4.78 is 0. The van der Waals surface area contributed by atoms with Crippen LogP contribution in [-0.2, 0) is 0 Å². The lowest BCUT2D eigenvalue weighted by atomic mass is 9.95. The van der Waals surface area contributed by atoms with Gasteiger partial charge >= 0.3 is 0 Å². The number of hydrogen-bond acceptors (Lipinski definition) is 3. The van der Waals surface area contributed by atoms with Crippen molar-refractivity contribution in [2.45, 2.75) is 19.8 Å². The lowest BCUT2D eigenvalue weighted by Gasteiger charge is -2.07. The second-order valence-corrected chi connectivity index (χ2v) is 6.02. The third kappa shape index (κ3) is 2.86. The number of benzene rings is 1. The summed E-state index contributed by atoms with van der Waals surface area (Å²) in [5.41, 5.74) is 1.77. The highest BCUT2D eigenvalue weighted by Gasteiger charge is 2.23. The highest BCUT2D eigenvalue weighted by molar-refractivity contribution is 7.14. The number of nitrogens with zero attached hydrogens (tertiary/aromatic N) is 1. The fraction of sp³-hybridized carbons (Fsp3) is 0.200. The van der Waals surface area contributed by atoms with E-state index in [-0.39, 0.29) is 5.78 Å². The molecule has 2 aromatic rings. The van der Waals surface area contributed by atoms with E-state index < -0.39 is 5.92 Å². The van der Waals surface area contributed by atoms with Crippen molar-refractivity contribution in [1.82, 2.24) is 0 Å². The summed E-state index contributed by atoms with van der Waals surface area (Å²) in [6.45, 7) is 3.94. The predicted molar refractivity (Wildman–Crippen MR) is 77.9 cm³/mol. The van der Waals surface area contributed by atoms with Crippen molar-refractivity contribution < 1.29 is 4.79 Å². The molecule has 0 radical (unpaired) electrons. The van der Waals surface area contributed by atoms with Gasteiger partial charge in [0.05, 0.1) is 10.9 Å². The zero-order chi connectivity index (χ0) is 14.0. The van der Waals surface area contributed by atoms with E-state index >= 15 is 0 Å². The van der Waals surface area contributed by atoms with Crippen molar-refractivity contribution in [2.24, 2.45) is 0 Å². The summed E-state index contributed by atoms with van der Waals surface area (Å²) in [7, 11) is 0. The van der Waals surface area contributed by atoms with E-state index in [0.29, 0.717) is 15.5 Å². The summed E-state index contributed by atoms with van der Waals surface area (Å²) >= 11 is 7.25. The van der Waals surface area contributed by atoms with Gasteiger partial charge in [-0.25, -0.2) is 0 Å². The number of carbonyl (C=O) groups is 1. The summed E-state index contributed by atoms with van der Waals surface area (Å²) in [5.74, 6) is -0.916. The van der Waals surface area contributed by atoms with Gasteiger partial charge in [-0.1, -0.05) is 23.7 Å². The maximum Gasteiger partial charge on any atom is 0.194 e. The molecule has 1 unspecified atom stereocenters. The number of nitriles is 1. The molecule has 0 N–H and O–H groups in total. The Balaban J connectivity index is 2.35. The molecule has 1 aromatic heterocycles. The molecule has 1 atom stereocenters. The molecule has 2 nitrogen and oxygen atoms in total. The van der Waals surface area contributed by atoms with E-state index in [1.54, 1.807) is 24.3 Å². The molecule has 19 heavy (non-hydrogen) atoms. The first kappa shape index (κ1) is 13.8. The van der Waals surface area contributed by atoms with E-state index in [2.05, 4.69) is 6.07 Å². The van der Waals surface area contributed by atoms with Gasteiger partial charge in [-0.05, 0) is 43.2 Å². The van der Waals surface area contributed by atoms with E-state index in [1.807, 2.05) is 19.9 Å². The molecule has 0 bridgehead atoms. The van der Waals surface area contributed by atoms with Crippen LogP contribution in [-0.4, -0.2) is 5.78 Å². The Morgan fingerprint density at radius 2 is 1.95 bits per heavy atom. The summed E-state index contributed by atoms with van der Waals surface area (Å²) in [5, 5.41) is 9.85. The molecule has 0 aliphatic rings. The van der Waals surface area contributed by atoms with Gasteiger partial charge in [-0.3, -0.25) is 4.79 Å². The number of Topliss-reactive ketones (excluding diaryl/α,β-unsaturated/α-hetero) is 1. The number of hydrogen-bond donors (Lipinski definition) is 0. The Morgan fingerprint density at radius 3 is 2.42 bits per heavy atom. The molecule has 0 amide bonds. The molecule has 0 aliphatic carbocycles. The van der Waals surface area contributed by atoms with Gasteiger partial charge in [0.1, 0.15) is 5.92 Å². The van der Waals surface area contributed by atoms with E-state index in [1.165, 1.54) is 11.3 Å². The third-order valence-corrected chi connectivity index (χ3v) is 4.42. The van der Waals surface area contributed by atoms with Crippen LogP contribution in [0.4, 0.5) is 0 Å². The second-order valence-electron chi connectivity index (χ2n) is 4.33. The molecule has 2 rings (SSSR count). The predicted octanol–water partition coefficient (Wildman–Crippen LogP) is 4.51. The number of aryl methyl sites for hydroxylation is 2. The zero-order valence-electron chi connectivity index (χ0n) is 10.6. The van der Waals surface area contributed by atoms with Crippen LogP contribution >= 0.6 is 22.9 Å². The largest absolute Gasteiger partial charge is 0.291 e. The number of halogens is 1. The first-order valence-electron chi connectivity index (χ1n) is 5.79. The zero-order valence-corrected chi connectivity index (χ0v) is 12.2. The quantitative estimate of drug-likeness (QED) is 0.780. The van der Waals surface area contributed by atoms with Gasteiger partial charge in [-0.2, -0.15) is 5.26 Å². The SMILES string of the molecule is Cc1cc(C(=O)C(C#N)c2ccc(Cl)cc2)sc1C. The topological polar surface area (TPSA) is 40.9 Å². The fourth-order valence-corrected chi connectivity index (χ4v) is 2.91. The van der Waals surface area contributed by atoms with Gasteiger partial charge in [-0.15, -0.1) is 11.3 Å². The maximum absolute atomic E-state index is 12.4. The monoisotopic (exact) mass is 289 g/mol. The van der Waals surface area contributed by atoms with E-state index in [9.17, 15) is 10.1 Å². The molecular formula is C15H12ClNOS. The first-order valence-corrected chi connectivity index (χ1v) is 6.98. The van der Waals surface area contributed by atoms with Crippen molar-refractivity contribution in [2.75, 3.05) is 0 Å². The van der Waals surface area contributed by atoms with Gasteiger partial charge < -0.3 is 0 Å². The van der Waals surface area contributed by atoms with E-state index in [4.69, 9.17) is 11.6 Å². The van der Waals surface area contributed by atoms with Crippen LogP contribution < -0.4 is 0 Å². The van der Waals surface area contributed by atoms with Crippen LogP contribution in [0.15, 0.2) is 30.3 Å². The molecule has 0 fully saturated rings. The Morgan fingerprint density at radius 1 is 1.32 bits per heavy atom. The molecule has 0 saturated heterocycles. The van der Waals surface area contributed by atoms with Crippen molar-refractivity contribution in [1.29, 1.82) is 5.26 Å². The average Bonchev–Trinajstić information content (AvgIpc) is 2.73. The summed E-state index contributed by atoms with van der Waals surface area (Å²) in [6.07, 6.45) is 0. The van der Waals surface area contributed by atoms with Crippen molar-refractivity contribution in [3.05, 3.63) is 56.2 Å². The minimum absolute atomic E-state index is 0.147. The van der Waals surface area contributed by atoms with Gasteiger partial charge in [0, 0.05) is 9.90 Å². The smallest absolute Gasteiger partial charge is 0.194 e. The standard InChI is InChI=1S/C15H12ClNOS/c1-9-7-14(19-10(9)2)15(18)13(8-17)11-3-5-12(16)6-4-11/h3-7,13H,1-2H3. The number of thiophene rings is 1. The Bertz CT molecular complexity index is 632. The Labute approximate surface area is 121 Å². The highest BCUT2D eigenvalue weighted by Crippen LogP contribution is 2.27. The molecule has 4 heteroatoms. The van der Waals surface area contributed by atoms with Crippen LogP contribution in [0.25, 0.3) is 0 Å². The molecule has 1 aromatic carbocycles. The number of rotatable bonds is 3. The highest BCUT2D eigenvalue weighted by atomic mass is 35.5. The van der Waals surface area contributed by atoms with Crippen molar-refractivity contribution in [3.8, 4) is 6.07 Å². The Hall–Kier alpha value is -1.63. The molecule has 0 spiro atoms. The van der Waals surface area contributed by atoms with Gasteiger partial charge in [0.15, 0.2) is 5.78 Å². The lowest BCUT2D eigenvalue weighted by molar-refractivity contribution is 0.0982. The van der Waals surface area contributed by atoms with Crippen LogP contribution in [0.1, 0.15) is 31.6 Å². The number of ketones is 1. The maximum atomic E-state index is 12.4. The number of carbonyl (C=O) groups excluding carboxylic acids is 1. The minimum atomic E-state index is -0.769. The molecule has 1 heterocycles. The molecular weight excluding hydrogens is 278 g/mol. The van der Waals surface area contributed by atoms with Crippen molar-refractivity contribution >= 4 is 28.7 Å². The second kappa shape index (κ2) is 5.56. The van der Waals surface area contributed by atoms with Crippen LogP contribution in [0.3, 0.4) is 0 Å². The van der Waals surface area contributed by atoms with Gasteiger partial charge in [0.2, 0.25) is 0 Å². The lowest BCUT2D eigenvalue weighted by Crippen LogP contribution is -2.09. The molecule has 96 valence electrons. The van der Waals surface area contributed by atoms with Crippen LogP contribution in [0, 0.1) is 25.2 Å². The Kier molecular flexibility index (Phi) is 4.04. The van der Waals surface area contributed by atoms with Crippen molar-refractivity contribution in [3.63, 3.8) is 0 Å². The minimum Gasteiger partial charge on any atom is -0.291 e. The summed E-state index contributed by atoms with van der Waals surface area (Å²) in [6, 6.07) is 10.8. The van der Waals surface area contributed by atoms with Crippen LogP contribution in [0.2, 0.25) is 5.02 Å². The summed E-state index contributed by atoms with van der Waals surface area (Å²) in [4.78, 5) is 14.1. The average molecular weight is 290 g/mol. The fourth-order valence-electron chi connectivity index (χ4n) is 1.78. The van der Waals surface area contributed by atoms with Crippen LogP contribution in [0.5, 0.6) is 0 Å². The van der Waals surface area contributed by atoms with Gasteiger partial charge in [0.25, 0.3) is 0 Å². The molecule has 0 saturated carbocycles. The first-order chi connectivity index (χ1) is 9.02. The normalized spacial score (nSPS) is 11.9.